The summed E-state index contributed by atoms with van der Waals surface area (Å²) in [5.74, 6) is 2.40. The molecule has 0 radical (unpaired) electrons. The number of aromatic nitrogens is 2. The monoisotopic (exact) mass is 309 g/mol. The highest BCUT2D eigenvalue weighted by molar-refractivity contribution is 6.32. The summed E-state index contributed by atoms with van der Waals surface area (Å²) in [6.45, 7) is 5.92. The van der Waals surface area contributed by atoms with Gasteiger partial charge in [0.1, 0.15) is 12.2 Å². The molecule has 21 heavy (non-hydrogen) atoms. The summed E-state index contributed by atoms with van der Waals surface area (Å²) in [6, 6.07) is 0. The first kappa shape index (κ1) is 15.8. The third kappa shape index (κ3) is 4.21. The lowest BCUT2D eigenvalue weighted by Gasteiger charge is -2.32. The first-order valence-corrected chi connectivity index (χ1v) is 7.33. The van der Waals surface area contributed by atoms with Crippen LogP contribution in [-0.2, 0) is 6.54 Å². The van der Waals surface area contributed by atoms with Crippen molar-refractivity contribution in [3.8, 4) is 12.3 Å². The van der Waals surface area contributed by atoms with Gasteiger partial charge in [0.2, 0.25) is 0 Å². The summed E-state index contributed by atoms with van der Waals surface area (Å²) in [4.78, 5) is 16.8. The zero-order valence-electron chi connectivity index (χ0n) is 12.2. The van der Waals surface area contributed by atoms with Crippen molar-refractivity contribution < 1.29 is 0 Å². The van der Waals surface area contributed by atoms with Crippen molar-refractivity contribution >= 4 is 17.3 Å². The summed E-state index contributed by atoms with van der Waals surface area (Å²) in [5, 5.41) is 7.34. The molecule has 1 aromatic rings. The molecule has 1 aliphatic rings. The van der Waals surface area contributed by atoms with E-state index in [2.05, 4.69) is 33.2 Å². The van der Waals surface area contributed by atoms with Gasteiger partial charge >= 0.3 is 0 Å². The van der Waals surface area contributed by atoms with E-state index in [1.807, 2.05) is 0 Å². The van der Waals surface area contributed by atoms with Gasteiger partial charge in [-0.05, 0) is 7.05 Å². The number of hydrogen-bond acceptors (Lipinski definition) is 5. The summed E-state index contributed by atoms with van der Waals surface area (Å²) >= 11 is 6.03. The van der Waals surface area contributed by atoms with Gasteiger partial charge < -0.3 is 10.2 Å². The molecular formula is C14H20ClN5O. The molecule has 0 atom stereocenters. The van der Waals surface area contributed by atoms with E-state index in [1.165, 1.54) is 10.9 Å². The SMILES string of the molecule is C#CCn1ncc(Cl)c(NCCN2CCN(C)CC2)c1=O. The van der Waals surface area contributed by atoms with Crippen LogP contribution in [0, 0.1) is 12.3 Å². The number of nitrogens with one attached hydrogen (secondary N) is 1. The number of piperazine rings is 1. The maximum atomic E-state index is 12.1. The van der Waals surface area contributed by atoms with Crippen molar-refractivity contribution in [2.75, 3.05) is 51.6 Å². The molecule has 7 heteroatoms. The molecule has 1 saturated heterocycles. The molecule has 1 aromatic heterocycles. The van der Waals surface area contributed by atoms with Crippen LogP contribution in [0.2, 0.25) is 5.02 Å². The van der Waals surface area contributed by atoms with Gasteiger partial charge in [-0.3, -0.25) is 9.69 Å². The van der Waals surface area contributed by atoms with E-state index in [4.69, 9.17) is 18.0 Å². The Kier molecular flexibility index (Phi) is 5.62. The fourth-order valence-electron chi connectivity index (χ4n) is 2.24. The second-order valence-corrected chi connectivity index (χ2v) is 5.51. The van der Waals surface area contributed by atoms with E-state index in [1.54, 1.807) is 0 Å². The van der Waals surface area contributed by atoms with E-state index in [0.717, 1.165) is 32.7 Å². The molecule has 1 aliphatic heterocycles. The number of hydrogen-bond donors (Lipinski definition) is 1. The number of terminal acetylenes is 1. The molecule has 1 fully saturated rings. The molecule has 114 valence electrons. The zero-order chi connectivity index (χ0) is 15.2. The summed E-state index contributed by atoms with van der Waals surface area (Å²) in [6.07, 6.45) is 6.66. The quantitative estimate of drug-likeness (QED) is 0.787. The Hall–Kier alpha value is -1.55. The van der Waals surface area contributed by atoms with Gasteiger partial charge in [-0.1, -0.05) is 17.5 Å². The lowest BCUT2D eigenvalue weighted by molar-refractivity contribution is 0.158. The van der Waals surface area contributed by atoms with Crippen LogP contribution < -0.4 is 10.9 Å². The van der Waals surface area contributed by atoms with Gasteiger partial charge in [0, 0.05) is 39.3 Å². The third-order valence-corrected chi connectivity index (χ3v) is 3.85. The topological polar surface area (TPSA) is 53.4 Å². The molecule has 2 rings (SSSR count). The number of nitrogens with zero attached hydrogens (tertiary/aromatic N) is 4. The van der Waals surface area contributed by atoms with Crippen LogP contribution in [-0.4, -0.2) is 65.9 Å². The normalized spacial score (nSPS) is 16.6. The molecule has 0 bridgehead atoms. The van der Waals surface area contributed by atoms with Crippen molar-refractivity contribution in [1.82, 2.24) is 19.6 Å². The highest BCUT2D eigenvalue weighted by atomic mass is 35.5. The van der Waals surface area contributed by atoms with Gasteiger partial charge in [-0.2, -0.15) is 5.10 Å². The largest absolute Gasteiger partial charge is 0.378 e. The molecule has 1 N–H and O–H groups in total. The average molecular weight is 310 g/mol. The fraction of sp³-hybridized carbons (Fsp3) is 0.571. The Balaban J connectivity index is 1.92. The van der Waals surface area contributed by atoms with Crippen molar-refractivity contribution in [3.63, 3.8) is 0 Å². The van der Waals surface area contributed by atoms with Crippen LogP contribution in [0.3, 0.4) is 0 Å². The minimum Gasteiger partial charge on any atom is -0.378 e. The van der Waals surface area contributed by atoms with Gasteiger partial charge in [0.05, 0.1) is 11.2 Å². The van der Waals surface area contributed by atoms with Crippen LogP contribution in [0.15, 0.2) is 11.0 Å². The molecule has 2 heterocycles. The second-order valence-electron chi connectivity index (χ2n) is 5.11. The number of halogens is 1. The predicted molar refractivity (Wildman–Crippen MR) is 84.8 cm³/mol. The molecule has 0 saturated carbocycles. The lowest BCUT2D eigenvalue weighted by Crippen LogP contribution is -2.46. The Bertz CT molecular complexity index is 572. The van der Waals surface area contributed by atoms with E-state index >= 15 is 0 Å². The Morgan fingerprint density at radius 3 is 2.81 bits per heavy atom. The van der Waals surface area contributed by atoms with E-state index < -0.39 is 0 Å². The molecule has 0 unspecified atom stereocenters. The zero-order valence-corrected chi connectivity index (χ0v) is 12.9. The van der Waals surface area contributed by atoms with Crippen molar-refractivity contribution in [2.24, 2.45) is 0 Å². The standard InChI is InChI=1S/C14H20ClN5O/c1-3-5-20-14(21)13(12(15)11-17-20)16-4-6-19-9-7-18(2)8-10-19/h1,11,16H,4-10H2,2H3. The minimum absolute atomic E-state index is 0.142. The minimum atomic E-state index is -0.279. The fourth-order valence-corrected chi connectivity index (χ4v) is 2.43. The van der Waals surface area contributed by atoms with E-state index in [0.29, 0.717) is 17.3 Å². The highest BCUT2D eigenvalue weighted by Crippen LogP contribution is 2.14. The summed E-state index contributed by atoms with van der Waals surface area (Å²) < 4.78 is 1.23. The highest BCUT2D eigenvalue weighted by Gasteiger charge is 2.14. The maximum absolute atomic E-state index is 12.1. The Morgan fingerprint density at radius 1 is 1.43 bits per heavy atom. The van der Waals surface area contributed by atoms with Crippen LogP contribution in [0.4, 0.5) is 5.69 Å². The first-order valence-electron chi connectivity index (χ1n) is 6.95. The number of anilines is 1. The number of likely N-dealkylation sites (N-methyl/N-ethyl adjacent to an activating group) is 1. The molecule has 0 aliphatic carbocycles. The smallest absolute Gasteiger partial charge is 0.292 e. The molecule has 6 nitrogen and oxygen atoms in total. The van der Waals surface area contributed by atoms with Gasteiger partial charge in [-0.25, -0.2) is 4.68 Å². The lowest BCUT2D eigenvalue weighted by atomic mass is 10.3. The first-order chi connectivity index (χ1) is 10.1. The molecule has 0 aromatic carbocycles. The summed E-state index contributed by atoms with van der Waals surface area (Å²) in [7, 11) is 2.13. The Morgan fingerprint density at radius 2 is 2.14 bits per heavy atom. The van der Waals surface area contributed by atoms with Crippen molar-refractivity contribution in [2.45, 2.75) is 6.54 Å². The van der Waals surface area contributed by atoms with Crippen LogP contribution >= 0.6 is 11.6 Å². The number of rotatable bonds is 5. The second kappa shape index (κ2) is 7.46. The van der Waals surface area contributed by atoms with Crippen molar-refractivity contribution in [1.29, 1.82) is 0 Å². The molecular weight excluding hydrogens is 290 g/mol. The van der Waals surface area contributed by atoms with Crippen molar-refractivity contribution in [3.05, 3.63) is 21.6 Å². The van der Waals surface area contributed by atoms with E-state index in [9.17, 15) is 4.79 Å². The molecule has 0 amide bonds. The van der Waals surface area contributed by atoms with Gasteiger partial charge in [0.15, 0.2) is 0 Å². The molecule has 0 spiro atoms. The maximum Gasteiger partial charge on any atom is 0.292 e. The van der Waals surface area contributed by atoms with Crippen LogP contribution in [0.5, 0.6) is 0 Å². The van der Waals surface area contributed by atoms with Gasteiger partial charge in [-0.15, -0.1) is 6.42 Å². The predicted octanol–water partition coefficient (Wildman–Crippen LogP) is 0.189. The van der Waals surface area contributed by atoms with Gasteiger partial charge in [0.25, 0.3) is 5.56 Å². The van der Waals surface area contributed by atoms with Crippen LogP contribution in [0.25, 0.3) is 0 Å². The third-order valence-electron chi connectivity index (χ3n) is 3.56. The average Bonchev–Trinajstić information content (AvgIpc) is 2.48. The summed E-state index contributed by atoms with van der Waals surface area (Å²) in [5.41, 5.74) is 0.0925. The van der Waals surface area contributed by atoms with E-state index in [-0.39, 0.29) is 12.1 Å². The Labute approximate surface area is 129 Å². The van der Waals surface area contributed by atoms with Crippen LogP contribution in [0.1, 0.15) is 0 Å².